The molecule has 1 heterocycles. The molecular formula is C24H22ClF6N3O4. The fourth-order valence-corrected chi connectivity index (χ4v) is 4.10. The highest BCUT2D eigenvalue weighted by Gasteiger charge is 2.49. The van der Waals surface area contributed by atoms with Crippen molar-refractivity contribution in [2.24, 2.45) is 10.5 Å². The summed E-state index contributed by atoms with van der Waals surface area (Å²) in [5.74, 6) is -0.794. The second-order valence-corrected chi connectivity index (χ2v) is 8.83. The van der Waals surface area contributed by atoms with E-state index >= 15 is 0 Å². The van der Waals surface area contributed by atoms with Crippen molar-refractivity contribution in [1.29, 1.82) is 0 Å². The Morgan fingerprint density at radius 1 is 1.08 bits per heavy atom. The Bertz CT molecular complexity index is 1230. The van der Waals surface area contributed by atoms with Crippen LogP contribution in [0.4, 0.5) is 36.8 Å². The first-order valence-corrected chi connectivity index (χ1v) is 11.4. The van der Waals surface area contributed by atoms with Gasteiger partial charge in [0.15, 0.2) is 0 Å². The molecule has 1 aliphatic rings. The van der Waals surface area contributed by atoms with Crippen molar-refractivity contribution in [2.75, 3.05) is 31.9 Å². The molecule has 38 heavy (non-hydrogen) atoms. The molecule has 0 radical (unpaired) electrons. The summed E-state index contributed by atoms with van der Waals surface area (Å²) in [4.78, 5) is 27.3. The average molecular weight is 566 g/mol. The summed E-state index contributed by atoms with van der Waals surface area (Å²) in [5.41, 5.74) is -3.62. The molecule has 1 unspecified atom stereocenters. The van der Waals surface area contributed by atoms with Gasteiger partial charge in [-0.2, -0.15) is 31.4 Å². The Morgan fingerprint density at radius 3 is 2.21 bits per heavy atom. The normalized spacial score (nSPS) is 17.8. The van der Waals surface area contributed by atoms with Gasteiger partial charge in [0.25, 0.3) is 0 Å². The maximum absolute atomic E-state index is 13.4. The maximum Gasteiger partial charge on any atom is 0.417 e. The monoisotopic (exact) mass is 565 g/mol. The lowest BCUT2D eigenvalue weighted by atomic mass is 9.82. The lowest BCUT2D eigenvalue weighted by Crippen LogP contribution is -2.45. The van der Waals surface area contributed by atoms with Gasteiger partial charge in [0.05, 0.1) is 35.0 Å². The first-order valence-electron chi connectivity index (χ1n) is 11.0. The van der Waals surface area contributed by atoms with Crippen LogP contribution in [0.5, 0.6) is 0 Å². The topological polar surface area (TPSA) is 71.4 Å². The van der Waals surface area contributed by atoms with Gasteiger partial charge >= 0.3 is 24.4 Å². The third-order valence-electron chi connectivity index (χ3n) is 5.70. The van der Waals surface area contributed by atoms with Gasteiger partial charge in [-0.1, -0.05) is 17.7 Å². The fourth-order valence-electron chi connectivity index (χ4n) is 3.81. The number of anilines is 1. The number of alkyl halides is 6. The van der Waals surface area contributed by atoms with Crippen LogP contribution in [0.3, 0.4) is 0 Å². The zero-order chi connectivity index (χ0) is 28.5. The molecule has 206 valence electrons. The number of nitrogens with zero attached hydrogens (tertiary/aromatic N) is 3. The predicted octanol–water partition coefficient (Wildman–Crippen LogP) is 6.20. The zero-order valence-electron chi connectivity index (χ0n) is 20.3. The molecule has 0 aromatic heterocycles. The highest BCUT2D eigenvalue weighted by atomic mass is 35.5. The van der Waals surface area contributed by atoms with Gasteiger partial charge in [0.2, 0.25) is 0 Å². The second-order valence-electron chi connectivity index (χ2n) is 8.42. The van der Waals surface area contributed by atoms with Crippen LogP contribution in [0.2, 0.25) is 5.02 Å². The number of methoxy groups -OCH3 is 1. The van der Waals surface area contributed by atoms with Crippen molar-refractivity contribution >= 4 is 35.0 Å². The van der Waals surface area contributed by atoms with Gasteiger partial charge in [0, 0.05) is 18.4 Å². The molecule has 2 aromatic carbocycles. The van der Waals surface area contributed by atoms with Crippen LogP contribution in [0, 0.1) is 5.41 Å². The van der Waals surface area contributed by atoms with Gasteiger partial charge in [-0.15, -0.1) is 0 Å². The summed E-state index contributed by atoms with van der Waals surface area (Å²) in [5, 5.41) is 4.45. The first kappa shape index (κ1) is 29.2. The van der Waals surface area contributed by atoms with Crippen LogP contribution >= 0.6 is 11.6 Å². The number of hydrogen-bond acceptors (Lipinski definition) is 5. The van der Waals surface area contributed by atoms with Gasteiger partial charge < -0.3 is 9.47 Å². The average Bonchev–Trinajstić information content (AvgIpc) is 3.20. The summed E-state index contributed by atoms with van der Waals surface area (Å²) < 4.78 is 88.7. The van der Waals surface area contributed by atoms with Crippen LogP contribution in [-0.2, 0) is 26.6 Å². The van der Waals surface area contributed by atoms with Crippen molar-refractivity contribution < 1.29 is 45.4 Å². The van der Waals surface area contributed by atoms with Crippen LogP contribution in [0.25, 0.3) is 0 Å². The molecule has 0 spiro atoms. The highest BCUT2D eigenvalue weighted by Crippen LogP contribution is 2.39. The number of carbonyl (C=O) groups excluding carboxylic acids is 2. The van der Waals surface area contributed by atoms with E-state index in [0.717, 1.165) is 52.4 Å². The van der Waals surface area contributed by atoms with E-state index in [-0.39, 0.29) is 36.8 Å². The second kappa shape index (κ2) is 10.8. The summed E-state index contributed by atoms with van der Waals surface area (Å²) >= 11 is 5.87. The van der Waals surface area contributed by atoms with Crippen molar-refractivity contribution in [3.8, 4) is 0 Å². The van der Waals surface area contributed by atoms with Gasteiger partial charge in [-0.25, -0.2) is 9.80 Å². The first-order chi connectivity index (χ1) is 17.6. The number of urea groups is 1. The Morgan fingerprint density at radius 2 is 1.71 bits per heavy atom. The minimum absolute atomic E-state index is 0.0230. The third-order valence-corrected chi connectivity index (χ3v) is 6.01. The highest BCUT2D eigenvalue weighted by molar-refractivity contribution is 6.32. The number of esters is 1. The minimum Gasteiger partial charge on any atom is -0.465 e. The van der Waals surface area contributed by atoms with E-state index in [9.17, 15) is 35.9 Å². The predicted molar refractivity (Wildman–Crippen MR) is 126 cm³/mol. The molecule has 1 atom stereocenters. The number of hydrazone groups is 1. The maximum atomic E-state index is 13.4. The van der Waals surface area contributed by atoms with Crippen molar-refractivity contribution in [2.45, 2.75) is 26.2 Å². The lowest BCUT2D eigenvalue weighted by molar-refractivity contribution is -0.150. The molecule has 14 heteroatoms. The van der Waals surface area contributed by atoms with Crippen LogP contribution in [0.15, 0.2) is 47.6 Å². The number of carbonyl (C=O) groups is 2. The molecule has 2 aromatic rings. The molecule has 0 saturated carbocycles. The number of halogens is 7. The SMILES string of the molecule is CCOC(=O)C1(C)CN(C(=O)N(COC)c2ccc(C(F)(F)F)cc2)N=C1c1ccc(C(F)(F)F)c(Cl)c1. The standard InChI is InChI=1S/C24H22ClF6N3O4/c1-4-38-20(35)22(2)12-34(32-19(22)14-5-10-17(18(25)11-14)24(29,30)31)21(36)33(13-37-3)16-8-6-15(7-9-16)23(26,27)28/h5-11H,4,12-13H2,1-3H3. The van der Waals surface area contributed by atoms with Gasteiger partial charge in [-0.05, 0) is 50.2 Å². The smallest absolute Gasteiger partial charge is 0.417 e. The molecule has 0 saturated heterocycles. The minimum atomic E-state index is -4.72. The quantitative estimate of drug-likeness (QED) is 0.238. The number of amides is 2. The number of hydrogen-bond donors (Lipinski definition) is 0. The van der Waals surface area contributed by atoms with Crippen molar-refractivity contribution in [3.63, 3.8) is 0 Å². The van der Waals surface area contributed by atoms with Crippen molar-refractivity contribution in [3.05, 3.63) is 64.2 Å². The fraction of sp³-hybridized carbons (Fsp3) is 0.375. The summed E-state index contributed by atoms with van der Waals surface area (Å²) in [6.45, 7) is 2.18. The summed E-state index contributed by atoms with van der Waals surface area (Å²) in [6, 6.07) is 5.64. The lowest BCUT2D eigenvalue weighted by Gasteiger charge is -2.28. The van der Waals surface area contributed by atoms with Gasteiger partial charge in [0.1, 0.15) is 12.1 Å². The third kappa shape index (κ3) is 5.88. The largest absolute Gasteiger partial charge is 0.465 e. The molecule has 3 rings (SSSR count). The number of rotatable bonds is 6. The Kier molecular flexibility index (Phi) is 8.32. The molecule has 1 aliphatic heterocycles. The molecule has 0 bridgehead atoms. The zero-order valence-corrected chi connectivity index (χ0v) is 21.0. The van der Waals surface area contributed by atoms with Crippen molar-refractivity contribution in [1.82, 2.24) is 5.01 Å². The van der Waals surface area contributed by atoms with E-state index < -0.39 is 45.9 Å². The van der Waals surface area contributed by atoms with Crippen LogP contribution in [0.1, 0.15) is 30.5 Å². The van der Waals surface area contributed by atoms with E-state index in [1.165, 1.54) is 14.0 Å². The number of benzene rings is 2. The van der Waals surface area contributed by atoms with Gasteiger partial charge in [-0.3, -0.25) is 9.69 Å². The molecule has 0 fully saturated rings. The van der Waals surface area contributed by atoms with E-state index in [2.05, 4.69) is 5.10 Å². The summed E-state index contributed by atoms with van der Waals surface area (Å²) in [6.07, 6.45) is -9.31. The van der Waals surface area contributed by atoms with E-state index in [1.54, 1.807) is 6.92 Å². The molecule has 0 N–H and O–H groups in total. The van der Waals surface area contributed by atoms with E-state index in [4.69, 9.17) is 21.1 Å². The molecule has 0 aliphatic carbocycles. The van der Waals surface area contributed by atoms with E-state index in [0.29, 0.717) is 0 Å². The molecule has 2 amide bonds. The van der Waals surface area contributed by atoms with E-state index in [1.807, 2.05) is 0 Å². The van der Waals surface area contributed by atoms with Crippen LogP contribution < -0.4 is 4.90 Å². The van der Waals surface area contributed by atoms with Crippen LogP contribution in [-0.4, -0.2) is 49.7 Å². The Labute approximate surface area is 218 Å². The number of ether oxygens (including phenoxy) is 2. The Hall–Kier alpha value is -3.32. The Balaban J connectivity index is 2.04. The summed E-state index contributed by atoms with van der Waals surface area (Å²) in [7, 11) is 1.26. The molecular weight excluding hydrogens is 544 g/mol. The molecule has 7 nitrogen and oxygen atoms in total.